The van der Waals surface area contributed by atoms with Gasteiger partial charge in [0, 0.05) is 24.2 Å². The molecule has 2 aliphatic rings. The summed E-state index contributed by atoms with van der Waals surface area (Å²) in [6, 6.07) is 4.44. The number of ether oxygens (including phenoxy) is 1. The molecule has 0 saturated carbocycles. The molecule has 1 aromatic rings. The lowest BCUT2D eigenvalue weighted by molar-refractivity contribution is -0.127. The number of hydrogen-bond donors (Lipinski definition) is 0. The smallest absolute Gasteiger partial charge is 0.417 e. The van der Waals surface area contributed by atoms with E-state index in [4.69, 9.17) is 16.3 Å². The van der Waals surface area contributed by atoms with Crippen molar-refractivity contribution >= 4 is 33.6 Å². The zero-order valence-corrected chi connectivity index (χ0v) is 14.6. The molecule has 0 N–H and O–H groups in total. The van der Waals surface area contributed by atoms with Crippen LogP contribution in [0.5, 0.6) is 0 Å². The summed E-state index contributed by atoms with van der Waals surface area (Å²) < 4.78 is 31.7. The Balaban J connectivity index is 1.75. The molecule has 2 aliphatic heterocycles. The summed E-state index contributed by atoms with van der Waals surface area (Å²) in [5.41, 5.74) is 0.625. The van der Waals surface area contributed by atoms with Crippen LogP contribution in [0.25, 0.3) is 0 Å². The number of carbonyl (C=O) groups is 2. The number of imide groups is 1. The number of hydrogen-bond acceptors (Lipinski definition) is 5. The highest BCUT2D eigenvalue weighted by Crippen LogP contribution is 2.28. The lowest BCUT2D eigenvalue weighted by Crippen LogP contribution is -2.48. The van der Waals surface area contributed by atoms with Gasteiger partial charge in [0.05, 0.1) is 4.90 Å². The van der Waals surface area contributed by atoms with Crippen molar-refractivity contribution in [1.29, 1.82) is 0 Å². The van der Waals surface area contributed by atoms with Gasteiger partial charge in [0.15, 0.2) is 6.61 Å². The Morgan fingerprint density at radius 2 is 1.88 bits per heavy atom. The van der Waals surface area contributed by atoms with Crippen LogP contribution in [-0.4, -0.2) is 55.4 Å². The fourth-order valence-electron chi connectivity index (χ4n) is 3.05. The van der Waals surface area contributed by atoms with Gasteiger partial charge in [-0.05, 0) is 37.5 Å². The molecule has 1 aromatic carbocycles. The molecule has 0 radical (unpaired) electrons. The molecule has 3 rings (SSSR count). The first kappa shape index (κ1) is 17.2. The van der Waals surface area contributed by atoms with Crippen LogP contribution in [0, 0.1) is 6.92 Å². The molecule has 0 aromatic heterocycles. The zero-order chi connectivity index (χ0) is 17.5. The number of cyclic esters (lactones) is 1. The molecule has 0 bridgehead atoms. The topological polar surface area (TPSA) is 84.0 Å². The predicted octanol–water partition coefficient (Wildman–Crippen LogP) is 1.78. The van der Waals surface area contributed by atoms with Gasteiger partial charge in [-0.15, -0.1) is 0 Å². The summed E-state index contributed by atoms with van der Waals surface area (Å²) in [6.45, 7) is 1.94. The summed E-state index contributed by atoms with van der Waals surface area (Å²) in [4.78, 5) is 24.6. The van der Waals surface area contributed by atoms with E-state index in [0.717, 1.165) is 4.90 Å². The van der Waals surface area contributed by atoms with Gasteiger partial charge in [-0.3, -0.25) is 4.79 Å². The maximum atomic E-state index is 12.8. The number of carbonyl (C=O) groups excluding carboxylic acids is 2. The number of aryl methyl sites for hydroxylation is 1. The Kier molecular flexibility index (Phi) is 4.54. The van der Waals surface area contributed by atoms with Crippen LogP contribution >= 0.6 is 11.6 Å². The van der Waals surface area contributed by atoms with Crippen molar-refractivity contribution < 1.29 is 22.7 Å². The minimum Gasteiger partial charge on any atom is -0.439 e. The molecular formula is C15H17ClN2O5S. The molecule has 24 heavy (non-hydrogen) atoms. The molecule has 2 amide bonds. The fraction of sp³-hybridized carbons (Fsp3) is 0.467. The van der Waals surface area contributed by atoms with Crippen molar-refractivity contribution in [2.24, 2.45) is 0 Å². The van der Waals surface area contributed by atoms with Crippen molar-refractivity contribution in [2.75, 3.05) is 19.7 Å². The van der Waals surface area contributed by atoms with Crippen molar-refractivity contribution in [3.8, 4) is 0 Å². The van der Waals surface area contributed by atoms with Gasteiger partial charge in [0.1, 0.15) is 0 Å². The molecule has 0 unspecified atom stereocenters. The molecule has 2 heterocycles. The second-order valence-electron chi connectivity index (χ2n) is 5.86. The third kappa shape index (κ3) is 3.01. The predicted molar refractivity (Wildman–Crippen MR) is 86.2 cm³/mol. The average Bonchev–Trinajstić information content (AvgIpc) is 2.88. The summed E-state index contributed by atoms with van der Waals surface area (Å²) in [7, 11) is -3.66. The minimum atomic E-state index is -3.66. The third-order valence-corrected chi connectivity index (χ3v) is 6.62. The second-order valence-corrected chi connectivity index (χ2v) is 8.21. The number of amides is 2. The van der Waals surface area contributed by atoms with Crippen molar-refractivity contribution in [3.05, 3.63) is 28.8 Å². The summed E-state index contributed by atoms with van der Waals surface area (Å²) in [5.74, 6) is -0.369. The number of piperidine rings is 1. The standard InChI is InChI=1S/C15H17ClN2O5S/c1-10-2-3-11(16)8-13(10)24(21,22)17-6-4-12(5-7-17)18-14(19)9-23-15(18)20/h2-3,8,12H,4-7,9H2,1H3. The van der Waals surface area contributed by atoms with Gasteiger partial charge in [-0.2, -0.15) is 4.31 Å². The fourth-order valence-corrected chi connectivity index (χ4v) is 5.01. The highest BCUT2D eigenvalue weighted by molar-refractivity contribution is 7.89. The highest BCUT2D eigenvalue weighted by Gasteiger charge is 2.40. The normalized spacial score (nSPS) is 20.5. The monoisotopic (exact) mass is 372 g/mol. The van der Waals surface area contributed by atoms with Crippen LogP contribution in [0.4, 0.5) is 4.79 Å². The molecular weight excluding hydrogens is 356 g/mol. The van der Waals surface area contributed by atoms with Crippen LogP contribution in [0.1, 0.15) is 18.4 Å². The maximum absolute atomic E-state index is 12.8. The Bertz CT molecular complexity index is 771. The van der Waals surface area contributed by atoms with E-state index in [2.05, 4.69) is 0 Å². The van der Waals surface area contributed by atoms with E-state index in [0.29, 0.717) is 23.4 Å². The zero-order valence-electron chi connectivity index (χ0n) is 13.1. The quantitative estimate of drug-likeness (QED) is 0.807. The number of sulfonamides is 1. The first-order chi connectivity index (χ1) is 11.3. The van der Waals surface area contributed by atoms with Crippen LogP contribution < -0.4 is 0 Å². The van der Waals surface area contributed by atoms with Gasteiger partial charge in [-0.25, -0.2) is 18.1 Å². The first-order valence-electron chi connectivity index (χ1n) is 7.56. The van der Waals surface area contributed by atoms with E-state index < -0.39 is 16.1 Å². The van der Waals surface area contributed by atoms with E-state index in [1.165, 1.54) is 10.4 Å². The highest BCUT2D eigenvalue weighted by atomic mass is 35.5. The number of benzene rings is 1. The number of rotatable bonds is 3. The van der Waals surface area contributed by atoms with E-state index in [-0.39, 0.29) is 36.5 Å². The van der Waals surface area contributed by atoms with E-state index in [9.17, 15) is 18.0 Å². The van der Waals surface area contributed by atoms with Gasteiger partial charge in [0.25, 0.3) is 5.91 Å². The summed E-state index contributed by atoms with van der Waals surface area (Å²) in [5, 5.41) is 0.361. The van der Waals surface area contributed by atoms with E-state index in [1.807, 2.05) is 0 Å². The van der Waals surface area contributed by atoms with Crippen LogP contribution in [0.15, 0.2) is 23.1 Å². The lowest BCUT2D eigenvalue weighted by Gasteiger charge is -2.34. The Hall–Kier alpha value is -1.64. The molecule has 0 atom stereocenters. The van der Waals surface area contributed by atoms with Gasteiger partial charge in [-0.1, -0.05) is 17.7 Å². The summed E-state index contributed by atoms with van der Waals surface area (Å²) in [6.07, 6.45) is 0.131. The number of halogens is 1. The molecule has 0 aliphatic carbocycles. The van der Waals surface area contributed by atoms with Crippen molar-refractivity contribution in [1.82, 2.24) is 9.21 Å². The van der Waals surface area contributed by atoms with E-state index >= 15 is 0 Å². The second kappa shape index (κ2) is 6.34. The molecule has 2 fully saturated rings. The minimum absolute atomic E-state index is 0.185. The molecule has 0 spiro atoms. The Morgan fingerprint density at radius 1 is 1.21 bits per heavy atom. The largest absolute Gasteiger partial charge is 0.439 e. The van der Waals surface area contributed by atoms with E-state index in [1.54, 1.807) is 19.1 Å². The van der Waals surface area contributed by atoms with Gasteiger partial charge >= 0.3 is 6.09 Å². The van der Waals surface area contributed by atoms with Crippen LogP contribution in [0.3, 0.4) is 0 Å². The maximum Gasteiger partial charge on any atom is 0.417 e. The lowest BCUT2D eigenvalue weighted by atomic mass is 10.1. The third-order valence-electron chi connectivity index (χ3n) is 4.34. The van der Waals surface area contributed by atoms with Crippen molar-refractivity contribution in [2.45, 2.75) is 30.7 Å². The summed E-state index contributed by atoms with van der Waals surface area (Å²) >= 11 is 5.92. The average molecular weight is 373 g/mol. The molecule has 7 nitrogen and oxygen atoms in total. The Morgan fingerprint density at radius 3 is 2.46 bits per heavy atom. The van der Waals surface area contributed by atoms with Crippen LogP contribution in [-0.2, 0) is 19.6 Å². The van der Waals surface area contributed by atoms with Gasteiger partial charge in [0.2, 0.25) is 10.0 Å². The Labute approximate surface area is 145 Å². The van der Waals surface area contributed by atoms with Gasteiger partial charge < -0.3 is 4.74 Å². The molecule has 130 valence electrons. The number of nitrogens with zero attached hydrogens (tertiary/aromatic N) is 2. The van der Waals surface area contributed by atoms with Crippen molar-refractivity contribution in [3.63, 3.8) is 0 Å². The van der Waals surface area contributed by atoms with Crippen LogP contribution in [0.2, 0.25) is 5.02 Å². The first-order valence-corrected chi connectivity index (χ1v) is 9.37. The molecule has 9 heteroatoms. The molecule has 2 saturated heterocycles. The SMILES string of the molecule is Cc1ccc(Cl)cc1S(=O)(=O)N1CCC(N2C(=O)COC2=O)CC1.